The van der Waals surface area contributed by atoms with Gasteiger partial charge in [0.05, 0.1) is 0 Å². The predicted octanol–water partition coefficient (Wildman–Crippen LogP) is 3.80. The first kappa shape index (κ1) is 9.72. The molecule has 0 bridgehead atoms. The summed E-state index contributed by atoms with van der Waals surface area (Å²) < 4.78 is 11.3. The summed E-state index contributed by atoms with van der Waals surface area (Å²) in [4.78, 5) is 5.71. The first-order valence-electron chi connectivity index (χ1n) is 3.82. The zero-order valence-corrected chi connectivity index (χ0v) is 8.06. The van der Waals surface area contributed by atoms with Gasteiger partial charge in [0.15, 0.2) is 10.5 Å². The summed E-state index contributed by atoms with van der Waals surface area (Å²) >= 11 is 0. The Morgan fingerprint density at radius 2 is 2.08 bits per heavy atom. The summed E-state index contributed by atoms with van der Waals surface area (Å²) in [5.41, 5.74) is 8.82. The van der Waals surface area contributed by atoms with E-state index in [0.29, 0.717) is 0 Å². The monoisotopic (exact) mass is 194 g/mol. The van der Waals surface area contributed by atoms with Gasteiger partial charge in [-0.3, -0.25) is 0 Å². The van der Waals surface area contributed by atoms with Crippen LogP contribution in [0, 0.1) is 0 Å². The van der Waals surface area contributed by atoms with Crippen LogP contribution in [0.3, 0.4) is 0 Å². The highest BCUT2D eigenvalue weighted by atomic mass is 31.1. The molecule has 0 N–H and O–H groups in total. The molecular formula is C8H9N3OP+. The molecule has 0 aliphatic heterocycles. The third-order valence-corrected chi connectivity index (χ3v) is 2.96. The Morgan fingerprint density at radius 1 is 1.46 bits per heavy atom. The van der Waals surface area contributed by atoms with Crippen LogP contribution in [-0.2, 0) is 4.57 Å². The van der Waals surface area contributed by atoms with Crippen LogP contribution < -0.4 is 0 Å². The van der Waals surface area contributed by atoms with E-state index in [9.17, 15) is 4.57 Å². The van der Waals surface area contributed by atoms with Gasteiger partial charge in [0.2, 0.25) is 0 Å². The number of rotatable bonds is 3. The Bertz CT molecular complexity index is 346. The van der Waals surface area contributed by atoms with E-state index in [1.807, 2.05) is 30.3 Å². The minimum Gasteiger partial charge on any atom is -0.0622 e. The maximum absolute atomic E-state index is 11.3. The van der Waals surface area contributed by atoms with Crippen LogP contribution in [0.15, 0.2) is 35.2 Å². The van der Waals surface area contributed by atoms with Gasteiger partial charge < -0.3 is 0 Å². The van der Waals surface area contributed by atoms with Crippen molar-refractivity contribution in [3.63, 3.8) is 0 Å². The van der Waals surface area contributed by atoms with E-state index < -0.39 is 7.95 Å². The molecule has 1 rings (SSSR count). The van der Waals surface area contributed by atoms with E-state index >= 15 is 0 Å². The molecule has 66 valence electrons. The molecule has 4 nitrogen and oxygen atoms in total. The second kappa shape index (κ2) is 4.61. The van der Waals surface area contributed by atoms with Crippen molar-refractivity contribution < 1.29 is 4.57 Å². The lowest BCUT2D eigenvalue weighted by atomic mass is 10.2. The highest BCUT2D eigenvalue weighted by Gasteiger charge is 2.26. The zero-order chi connectivity index (χ0) is 9.68. The third-order valence-electron chi connectivity index (χ3n) is 1.74. The highest BCUT2D eigenvalue weighted by molar-refractivity contribution is 7.43. The zero-order valence-electron chi connectivity index (χ0n) is 7.16. The molecule has 0 saturated carbocycles. The summed E-state index contributed by atoms with van der Waals surface area (Å²) in [6, 6.07) is 9.35. The Balaban J connectivity index is 2.85. The van der Waals surface area contributed by atoms with Crippen LogP contribution >= 0.6 is 7.95 Å². The molecule has 0 fully saturated rings. The lowest BCUT2D eigenvalue weighted by molar-refractivity contribution is 0.582. The molecule has 5 heteroatoms. The highest BCUT2D eigenvalue weighted by Crippen LogP contribution is 2.41. The minimum atomic E-state index is -1.86. The number of benzene rings is 1. The molecule has 2 unspecified atom stereocenters. The Morgan fingerprint density at radius 3 is 2.62 bits per heavy atom. The summed E-state index contributed by atoms with van der Waals surface area (Å²) in [5, 5.41) is 0. The standard InChI is InChI=1S/C8H9N3OP/c1-7(13(12)11-10-9)8-5-3-2-4-6-8/h2-7H,1H3/q+1. The molecular weight excluding hydrogens is 185 g/mol. The Hall–Kier alpha value is -1.37. The fourth-order valence-corrected chi connectivity index (χ4v) is 1.64. The topological polar surface area (TPSA) is 65.8 Å². The van der Waals surface area contributed by atoms with Gasteiger partial charge in [-0.15, -0.1) is 0 Å². The van der Waals surface area contributed by atoms with Gasteiger partial charge >= 0.3 is 7.95 Å². The molecule has 2 atom stereocenters. The third kappa shape index (κ3) is 2.55. The molecule has 1 aromatic carbocycles. The second-order valence-corrected chi connectivity index (χ2v) is 4.13. The van der Waals surface area contributed by atoms with Crippen LogP contribution in [-0.4, -0.2) is 0 Å². The normalized spacial score (nSPS) is 12.8. The molecule has 13 heavy (non-hydrogen) atoms. The SMILES string of the molecule is CC(c1ccccc1)[P+](=O)N=[N+]=[N-]. The van der Waals surface area contributed by atoms with E-state index in [4.69, 9.17) is 5.53 Å². The Labute approximate surface area is 77.1 Å². The average molecular weight is 194 g/mol. The molecule has 0 aliphatic rings. The second-order valence-electron chi connectivity index (χ2n) is 2.57. The molecule has 0 aliphatic carbocycles. The molecule has 0 saturated heterocycles. The quantitative estimate of drug-likeness (QED) is 0.312. The first-order chi connectivity index (χ1) is 6.25. The molecule has 0 amide bonds. The Kier molecular flexibility index (Phi) is 3.44. The molecule has 0 radical (unpaired) electrons. The van der Waals surface area contributed by atoms with Crippen LogP contribution in [0.2, 0.25) is 0 Å². The van der Waals surface area contributed by atoms with Crippen molar-refractivity contribution in [3.8, 4) is 0 Å². The van der Waals surface area contributed by atoms with Gasteiger partial charge in [-0.05, 0) is 6.92 Å². The molecule has 0 spiro atoms. The van der Waals surface area contributed by atoms with E-state index in [2.05, 4.69) is 9.80 Å². The van der Waals surface area contributed by atoms with Crippen LogP contribution in [0.1, 0.15) is 18.1 Å². The van der Waals surface area contributed by atoms with Crippen molar-refractivity contribution in [1.82, 2.24) is 0 Å². The molecule has 1 aromatic rings. The van der Waals surface area contributed by atoms with Crippen LogP contribution in [0.25, 0.3) is 10.4 Å². The number of nitrogens with zero attached hydrogens (tertiary/aromatic N) is 3. The summed E-state index contributed by atoms with van der Waals surface area (Å²) in [7, 11) is -1.86. The van der Waals surface area contributed by atoms with Gasteiger partial charge in [0.25, 0.3) is 0 Å². The van der Waals surface area contributed by atoms with Gasteiger partial charge in [0, 0.05) is 16.0 Å². The van der Waals surface area contributed by atoms with E-state index in [0.717, 1.165) is 5.56 Å². The smallest absolute Gasteiger partial charge is 0.0622 e. The van der Waals surface area contributed by atoms with Crippen molar-refractivity contribution in [2.75, 3.05) is 0 Å². The van der Waals surface area contributed by atoms with Gasteiger partial charge in [-0.25, -0.2) is 0 Å². The van der Waals surface area contributed by atoms with E-state index in [1.165, 1.54) is 0 Å². The van der Waals surface area contributed by atoms with Crippen LogP contribution in [0.5, 0.6) is 0 Å². The number of hydrogen-bond donors (Lipinski definition) is 0. The fourth-order valence-electron chi connectivity index (χ4n) is 0.976. The van der Waals surface area contributed by atoms with Crippen molar-refractivity contribution in [3.05, 3.63) is 46.3 Å². The number of hydrogen-bond acceptors (Lipinski definition) is 1. The van der Waals surface area contributed by atoms with Crippen molar-refractivity contribution in [2.24, 2.45) is 4.88 Å². The predicted molar refractivity (Wildman–Crippen MR) is 51.6 cm³/mol. The maximum atomic E-state index is 11.3. The summed E-state index contributed by atoms with van der Waals surface area (Å²) in [6.07, 6.45) is 0. The molecule has 0 heterocycles. The van der Waals surface area contributed by atoms with Gasteiger partial charge in [-0.1, -0.05) is 34.9 Å². The lowest BCUT2D eigenvalue weighted by Gasteiger charge is -1.96. The largest absolute Gasteiger partial charge is 0.469 e. The molecule has 0 aromatic heterocycles. The number of azide groups is 1. The summed E-state index contributed by atoms with van der Waals surface area (Å²) in [6.45, 7) is 1.78. The van der Waals surface area contributed by atoms with E-state index in [1.54, 1.807) is 6.92 Å². The average Bonchev–Trinajstić information content (AvgIpc) is 2.18. The van der Waals surface area contributed by atoms with Crippen molar-refractivity contribution in [2.45, 2.75) is 12.6 Å². The van der Waals surface area contributed by atoms with Crippen molar-refractivity contribution in [1.29, 1.82) is 0 Å². The first-order valence-corrected chi connectivity index (χ1v) is 5.10. The van der Waals surface area contributed by atoms with Gasteiger partial charge in [-0.2, -0.15) is 0 Å². The van der Waals surface area contributed by atoms with Crippen LogP contribution in [0.4, 0.5) is 0 Å². The summed E-state index contributed by atoms with van der Waals surface area (Å²) in [5.74, 6) is 0. The maximum Gasteiger partial charge on any atom is 0.469 e. The minimum absolute atomic E-state index is 0.216. The van der Waals surface area contributed by atoms with E-state index in [-0.39, 0.29) is 5.66 Å². The van der Waals surface area contributed by atoms with Crippen molar-refractivity contribution >= 4 is 7.95 Å². The van der Waals surface area contributed by atoms with Gasteiger partial charge in [0.1, 0.15) is 0 Å². The fraction of sp³-hybridized carbons (Fsp3) is 0.250. The lowest BCUT2D eigenvalue weighted by Crippen LogP contribution is -1.84.